The van der Waals surface area contributed by atoms with E-state index in [1.165, 1.54) is 4.90 Å². The molecule has 4 rings (SSSR count). The van der Waals surface area contributed by atoms with Crippen LogP contribution in [-0.4, -0.2) is 36.5 Å². The molecule has 2 amide bonds. The van der Waals surface area contributed by atoms with Crippen molar-refractivity contribution in [1.82, 2.24) is 4.90 Å². The number of ether oxygens (including phenoxy) is 1. The summed E-state index contributed by atoms with van der Waals surface area (Å²) in [6.45, 7) is 4.49. The SMILES string of the molecule is CCCCN1C(=O)[C@@H]2[C@H](ON(c3ccccc3C)[C@@H]2c2ccc(OC)cc2)C1=O. The van der Waals surface area contributed by atoms with Gasteiger partial charge in [-0.1, -0.05) is 43.7 Å². The van der Waals surface area contributed by atoms with Crippen molar-refractivity contribution in [2.45, 2.75) is 38.8 Å². The minimum atomic E-state index is -0.786. The number of benzene rings is 2. The number of anilines is 1. The summed E-state index contributed by atoms with van der Waals surface area (Å²) in [5.41, 5.74) is 2.80. The molecule has 2 saturated heterocycles. The van der Waals surface area contributed by atoms with Gasteiger partial charge in [-0.3, -0.25) is 19.3 Å². The molecule has 2 aliphatic rings. The number of para-hydroxylation sites is 1. The van der Waals surface area contributed by atoms with E-state index in [4.69, 9.17) is 9.57 Å². The van der Waals surface area contributed by atoms with Crippen LogP contribution in [0.3, 0.4) is 0 Å². The number of likely N-dealkylation sites (tertiary alicyclic amines) is 1. The van der Waals surface area contributed by atoms with Crippen molar-refractivity contribution in [2.75, 3.05) is 18.7 Å². The van der Waals surface area contributed by atoms with Gasteiger partial charge in [-0.2, -0.15) is 0 Å². The number of rotatable bonds is 6. The third-order valence-corrected chi connectivity index (χ3v) is 5.75. The number of imide groups is 1. The van der Waals surface area contributed by atoms with E-state index < -0.39 is 12.0 Å². The molecule has 152 valence electrons. The zero-order valence-electron chi connectivity index (χ0n) is 17.0. The zero-order chi connectivity index (χ0) is 20.5. The van der Waals surface area contributed by atoms with Crippen LogP contribution in [0.25, 0.3) is 0 Å². The predicted octanol–water partition coefficient (Wildman–Crippen LogP) is 3.65. The number of methoxy groups -OCH3 is 1. The number of fused-ring (bicyclic) bond motifs is 1. The largest absolute Gasteiger partial charge is 0.497 e. The third-order valence-electron chi connectivity index (χ3n) is 5.75. The van der Waals surface area contributed by atoms with Gasteiger partial charge in [0.25, 0.3) is 5.91 Å². The van der Waals surface area contributed by atoms with Crippen LogP contribution >= 0.6 is 0 Å². The first-order valence-corrected chi connectivity index (χ1v) is 10.1. The molecule has 2 fully saturated rings. The summed E-state index contributed by atoms with van der Waals surface area (Å²) >= 11 is 0. The average Bonchev–Trinajstić information content (AvgIpc) is 3.23. The Kier molecular flexibility index (Phi) is 5.28. The number of carbonyl (C=O) groups is 2. The molecule has 2 heterocycles. The summed E-state index contributed by atoms with van der Waals surface area (Å²) in [5, 5.41) is 1.75. The topological polar surface area (TPSA) is 59.1 Å². The minimum absolute atomic E-state index is 0.148. The highest BCUT2D eigenvalue weighted by molar-refractivity contribution is 6.07. The Morgan fingerprint density at radius 1 is 1.03 bits per heavy atom. The first-order chi connectivity index (χ1) is 14.1. The number of amides is 2. The number of hydrogen-bond donors (Lipinski definition) is 0. The van der Waals surface area contributed by atoms with Crippen LogP contribution in [0.2, 0.25) is 0 Å². The lowest BCUT2D eigenvalue weighted by molar-refractivity contribution is -0.143. The molecule has 0 saturated carbocycles. The Hall–Kier alpha value is -2.86. The Balaban J connectivity index is 1.75. The smallest absolute Gasteiger partial charge is 0.261 e. The molecule has 0 bridgehead atoms. The second-order valence-corrected chi connectivity index (χ2v) is 7.56. The van der Waals surface area contributed by atoms with E-state index in [0.717, 1.165) is 35.4 Å². The highest BCUT2D eigenvalue weighted by Crippen LogP contribution is 2.47. The van der Waals surface area contributed by atoms with Crippen LogP contribution in [0.1, 0.15) is 36.9 Å². The Labute approximate surface area is 171 Å². The number of aryl methyl sites for hydroxylation is 1. The second-order valence-electron chi connectivity index (χ2n) is 7.56. The number of carbonyl (C=O) groups excluding carboxylic acids is 2. The third kappa shape index (κ3) is 3.27. The van der Waals surface area contributed by atoms with Crippen molar-refractivity contribution < 1.29 is 19.2 Å². The summed E-state index contributed by atoms with van der Waals surface area (Å²) < 4.78 is 5.27. The molecule has 0 radical (unpaired) electrons. The van der Waals surface area contributed by atoms with Crippen LogP contribution in [0, 0.1) is 12.8 Å². The fraction of sp³-hybridized carbons (Fsp3) is 0.391. The molecule has 2 aliphatic heterocycles. The molecule has 2 aromatic rings. The Morgan fingerprint density at radius 2 is 1.76 bits per heavy atom. The lowest BCUT2D eigenvalue weighted by atomic mass is 9.90. The van der Waals surface area contributed by atoms with Crippen LogP contribution in [0.4, 0.5) is 5.69 Å². The van der Waals surface area contributed by atoms with Crippen LogP contribution in [0.15, 0.2) is 48.5 Å². The van der Waals surface area contributed by atoms with Crippen molar-refractivity contribution in [3.05, 3.63) is 59.7 Å². The van der Waals surface area contributed by atoms with Gasteiger partial charge in [0.2, 0.25) is 5.91 Å². The summed E-state index contributed by atoms with van der Waals surface area (Å²) in [6.07, 6.45) is 0.932. The van der Waals surface area contributed by atoms with Gasteiger partial charge < -0.3 is 4.74 Å². The highest BCUT2D eigenvalue weighted by atomic mass is 16.7. The summed E-state index contributed by atoms with van der Waals surface area (Å²) in [5.74, 6) is -0.203. The van der Waals surface area contributed by atoms with Gasteiger partial charge in [-0.15, -0.1) is 0 Å². The molecule has 0 aliphatic carbocycles. The average molecular weight is 394 g/mol. The number of hydroxylamine groups is 1. The van der Waals surface area contributed by atoms with Gasteiger partial charge in [0.05, 0.1) is 18.8 Å². The molecule has 0 aromatic heterocycles. The fourth-order valence-corrected chi connectivity index (χ4v) is 4.17. The van der Waals surface area contributed by atoms with Crippen molar-refractivity contribution in [3.8, 4) is 5.75 Å². The Morgan fingerprint density at radius 3 is 2.41 bits per heavy atom. The second kappa shape index (κ2) is 7.87. The van der Waals surface area contributed by atoms with Crippen LogP contribution < -0.4 is 9.80 Å². The number of unbranched alkanes of at least 4 members (excludes halogenated alkanes) is 1. The lowest BCUT2D eigenvalue weighted by Gasteiger charge is -2.29. The van der Waals surface area contributed by atoms with Gasteiger partial charge >= 0.3 is 0 Å². The maximum atomic E-state index is 13.2. The molecular formula is C23H26N2O4. The summed E-state index contributed by atoms with van der Waals surface area (Å²) in [6, 6.07) is 15.1. The normalized spacial score (nSPS) is 23.6. The van der Waals surface area contributed by atoms with E-state index in [-0.39, 0.29) is 17.9 Å². The minimum Gasteiger partial charge on any atom is -0.497 e. The van der Waals surface area contributed by atoms with Crippen molar-refractivity contribution in [3.63, 3.8) is 0 Å². The van der Waals surface area contributed by atoms with E-state index in [1.54, 1.807) is 12.2 Å². The van der Waals surface area contributed by atoms with Gasteiger partial charge in [0, 0.05) is 6.54 Å². The highest BCUT2D eigenvalue weighted by Gasteiger charge is 2.59. The quantitative estimate of drug-likeness (QED) is 0.700. The van der Waals surface area contributed by atoms with Crippen molar-refractivity contribution >= 4 is 17.5 Å². The Bertz CT molecular complexity index is 911. The number of hydrogen-bond acceptors (Lipinski definition) is 5. The monoisotopic (exact) mass is 394 g/mol. The molecule has 6 heteroatoms. The van der Waals surface area contributed by atoms with E-state index in [0.29, 0.717) is 6.54 Å². The number of nitrogens with zero attached hydrogens (tertiary/aromatic N) is 2. The first kappa shape index (κ1) is 19.5. The molecular weight excluding hydrogens is 368 g/mol. The maximum absolute atomic E-state index is 13.2. The summed E-state index contributed by atoms with van der Waals surface area (Å²) in [4.78, 5) is 33.8. The van der Waals surface area contributed by atoms with Gasteiger partial charge in [-0.05, 0) is 42.7 Å². The van der Waals surface area contributed by atoms with Crippen molar-refractivity contribution in [1.29, 1.82) is 0 Å². The molecule has 2 aromatic carbocycles. The van der Waals surface area contributed by atoms with Crippen LogP contribution in [-0.2, 0) is 14.4 Å². The fourth-order valence-electron chi connectivity index (χ4n) is 4.17. The predicted molar refractivity (Wildman–Crippen MR) is 109 cm³/mol. The van der Waals surface area contributed by atoms with Gasteiger partial charge in [0.15, 0.2) is 6.10 Å². The molecule has 6 nitrogen and oxygen atoms in total. The van der Waals surface area contributed by atoms with E-state index in [1.807, 2.05) is 62.4 Å². The molecule has 0 spiro atoms. The lowest BCUT2D eigenvalue weighted by Crippen LogP contribution is -2.38. The van der Waals surface area contributed by atoms with Crippen LogP contribution in [0.5, 0.6) is 5.75 Å². The van der Waals surface area contributed by atoms with Crippen molar-refractivity contribution in [2.24, 2.45) is 5.92 Å². The van der Waals surface area contributed by atoms with E-state index in [2.05, 4.69) is 0 Å². The molecule has 0 unspecified atom stereocenters. The van der Waals surface area contributed by atoms with Gasteiger partial charge in [0.1, 0.15) is 11.7 Å². The molecule has 0 N–H and O–H groups in total. The maximum Gasteiger partial charge on any atom is 0.261 e. The van der Waals surface area contributed by atoms with E-state index >= 15 is 0 Å². The standard InChI is InChI=1S/C23H26N2O4/c1-4-5-14-24-22(26)19-20(16-10-12-17(28-3)13-11-16)25(29-21(19)23(24)27)18-9-7-6-8-15(18)2/h6-13,19-21H,4-5,14H2,1-3H3/t19-,20+,21-/m0/s1. The molecule has 29 heavy (non-hydrogen) atoms. The summed E-state index contributed by atoms with van der Waals surface area (Å²) in [7, 11) is 1.62. The first-order valence-electron chi connectivity index (χ1n) is 10.1. The molecule has 3 atom stereocenters. The van der Waals surface area contributed by atoms with E-state index in [9.17, 15) is 9.59 Å². The zero-order valence-corrected chi connectivity index (χ0v) is 17.0. The van der Waals surface area contributed by atoms with Gasteiger partial charge in [-0.25, -0.2) is 5.06 Å².